The Balaban J connectivity index is 1.56. The quantitative estimate of drug-likeness (QED) is 0.240. The summed E-state index contributed by atoms with van der Waals surface area (Å²) in [4.78, 5) is 32.6. The zero-order valence-corrected chi connectivity index (χ0v) is 18.1. The Morgan fingerprint density at radius 1 is 1.00 bits per heavy atom. The van der Waals surface area contributed by atoms with Crippen molar-refractivity contribution in [1.82, 2.24) is 9.97 Å². The molecule has 0 aliphatic rings. The number of aryl methyl sites for hydroxylation is 1. The molecule has 1 aromatic heterocycles. The summed E-state index contributed by atoms with van der Waals surface area (Å²) in [6.07, 6.45) is 0.376. The minimum Gasteiger partial charge on any atom is -0.325 e. The van der Waals surface area contributed by atoms with Gasteiger partial charge in [-0.2, -0.15) is 0 Å². The third-order valence-corrected chi connectivity index (χ3v) is 5.78. The summed E-state index contributed by atoms with van der Waals surface area (Å²) in [5.41, 5.74) is 4.80. The van der Waals surface area contributed by atoms with Gasteiger partial charge >= 0.3 is 0 Å². The van der Waals surface area contributed by atoms with Gasteiger partial charge in [-0.05, 0) is 36.8 Å². The Morgan fingerprint density at radius 3 is 2.44 bits per heavy atom. The normalized spacial score (nSPS) is 10.8. The number of hydrogen-bond donors (Lipinski definition) is 1. The molecule has 0 aliphatic heterocycles. The molecule has 0 spiro atoms. The Kier molecular flexibility index (Phi) is 6.42. The Morgan fingerprint density at radius 2 is 1.72 bits per heavy atom. The van der Waals surface area contributed by atoms with Crippen molar-refractivity contribution in [3.8, 4) is 0 Å². The number of fused-ring (bicyclic) bond motifs is 1. The number of amides is 1. The lowest BCUT2D eigenvalue weighted by molar-refractivity contribution is -0.384. The van der Waals surface area contributed by atoms with Crippen LogP contribution < -0.4 is 5.32 Å². The number of carbonyl (C=O) groups is 1. The summed E-state index contributed by atoms with van der Waals surface area (Å²) < 4.78 is 0. The topological polar surface area (TPSA) is 98.0 Å². The van der Waals surface area contributed by atoms with Crippen LogP contribution >= 0.6 is 11.8 Å². The fraction of sp³-hybridized carbons (Fsp3) is 0.125. The monoisotopic (exact) mass is 444 g/mol. The van der Waals surface area contributed by atoms with Crippen LogP contribution in [0.1, 0.15) is 16.8 Å². The average molecular weight is 445 g/mol. The molecule has 4 aromatic rings. The van der Waals surface area contributed by atoms with Crippen molar-refractivity contribution >= 4 is 40.1 Å². The van der Waals surface area contributed by atoms with Crippen molar-refractivity contribution in [2.75, 3.05) is 11.1 Å². The molecule has 0 atom stereocenters. The summed E-state index contributed by atoms with van der Waals surface area (Å²) in [6.45, 7) is 1.99. The zero-order chi connectivity index (χ0) is 22.5. The number of nitro groups is 1. The van der Waals surface area contributed by atoms with Crippen molar-refractivity contribution in [3.05, 3.63) is 99.7 Å². The number of carbonyl (C=O) groups excluding carboxylic acids is 1. The molecule has 8 heteroatoms. The van der Waals surface area contributed by atoms with Gasteiger partial charge < -0.3 is 5.32 Å². The summed E-state index contributed by atoms with van der Waals surface area (Å²) in [7, 11) is 0. The van der Waals surface area contributed by atoms with Crippen molar-refractivity contribution in [2.24, 2.45) is 0 Å². The first-order valence-corrected chi connectivity index (χ1v) is 10.9. The van der Waals surface area contributed by atoms with Gasteiger partial charge in [-0.25, -0.2) is 9.97 Å². The second-order valence-corrected chi connectivity index (χ2v) is 8.23. The van der Waals surface area contributed by atoms with E-state index in [1.807, 2.05) is 61.5 Å². The lowest BCUT2D eigenvalue weighted by Gasteiger charge is -2.10. The van der Waals surface area contributed by atoms with Gasteiger partial charge in [-0.1, -0.05) is 53.7 Å². The van der Waals surface area contributed by atoms with Crippen molar-refractivity contribution in [2.45, 2.75) is 18.4 Å². The zero-order valence-electron chi connectivity index (χ0n) is 17.3. The molecule has 0 radical (unpaired) electrons. The Labute approximate surface area is 189 Å². The molecule has 0 bridgehead atoms. The molecule has 0 saturated carbocycles. The molecule has 0 unspecified atom stereocenters. The molecular formula is C24H20N4O3S. The van der Waals surface area contributed by atoms with Crippen LogP contribution in [-0.2, 0) is 11.2 Å². The average Bonchev–Trinajstić information content (AvgIpc) is 2.79. The van der Waals surface area contributed by atoms with E-state index in [0.29, 0.717) is 17.1 Å². The number of nitrogens with one attached hydrogen (secondary N) is 1. The van der Waals surface area contributed by atoms with Crippen LogP contribution in [-0.4, -0.2) is 26.6 Å². The molecule has 3 aromatic carbocycles. The Bertz CT molecular complexity index is 1290. The number of aromatic nitrogens is 2. The number of nitrogens with zero attached hydrogens (tertiary/aromatic N) is 3. The lowest BCUT2D eigenvalue weighted by atomic mass is 10.1. The van der Waals surface area contributed by atoms with E-state index in [9.17, 15) is 14.9 Å². The second-order valence-electron chi connectivity index (χ2n) is 7.27. The summed E-state index contributed by atoms with van der Waals surface area (Å²) >= 11 is 1.30. The van der Waals surface area contributed by atoms with E-state index in [4.69, 9.17) is 9.97 Å². The van der Waals surface area contributed by atoms with Crippen LogP contribution in [0, 0.1) is 17.0 Å². The number of para-hydroxylation sites is 2. The van der Waals surface area contributed by atoms with Gasteiger partial charge in [0.05, 0.1) is 27.4 Å². The summed E-state index contributed by atoms with van der Waals surface area (Å²) in [5.74, 6) is 0.0261. The predicted molar refractivity (Wildman–Crippen MR) is 126 cm³/mol. The van der Waals surface area contributed by atoms with Crippen LogP contribution in [0.2, 0.25) is 0 Å². The number of non-ortho nitro benzene ring substituents is 1. The largest absolute Gasteiger partial charge is 0.325 e. The number of nitro benzene ring substituents is 1. The molecule has 0 saturated heterocycles. The van der Waals surface area contributed by atoms with Crippen molar-refractivity contribution < 1.29 is 9.72 Å². The molecule has 0 aliphatic carbocycles. The highest BCUT2D eigenvalue weighted by Gasteiger charge is 2.14. The molecule has 7 nitrogen and oxygen atoms in total. The molecule has 0 fully saturated rings. The molecular weight excluding hydrogens is 424 g/mol. The van der Waals surface area contributed by atoms with Gasteiger partial charge in [0.1, 0.15) is 5.03 Å². The van der Waals surface area contributed by atoms with Gasteiger partial charge in [0.2, 0.25) is 5.91 Å². The first kappa shape index (κ1) is 21.5. The summed E-state index contributed by atoms with van der Waals surface area (Å²) in [5, 5.41) is 14.6. The number of hydrogen-bond acceptors (Lipinski definition) is 6. The number of anilines is 1. The predicted octanol–water partition coefficient (Wildman–Crippen LogP) is 5.17. The maximum atomic E-state index is 12.5. The number of thioether (sulfide) groups is 1. The van der Waals surface area contributed by atoms with Crippen LogP contribution in [0.5, 0.6) is 0 Å². The van der Waals surface area contributed by atoms with Gasteiger partial charge in [-0.3, -0.25) is 14.9 Å². The van der Waals surface area contributed by atoms with E-state index in [-0.39, 0.29) is 17.3 Å². The van der Waals surface area contributed by atoms with Gasteiger partial charge in [0, 0.05) is 24.2 Å². The fourth-order valence-corrected chi connectivity index (χ4v) is 3.98. The lowest BCUT2D eigenvalue weighted by Crippen LogP contribution is -2.14. The highest BCUT2D eigenvalue weighted by molar-refractivity contribution is 8.00. The SMILES string of the molecule is Cc1ccc(NC(=O)CSc2nc3ccccc3nc2Cc2cccc([N+](=O)[O-])c2)cc1. The third kappa shape index (κ3) is 5.28. The highest BCUT2D eigenvalue weighted by Crippen LogP contribution is 2.26. The van der Waals surface area contributed by atoms with E-state index >= 15 is 0 Å². The van der Waals surface area contributed by atoms with Gasteiger partial charge in [-0.15, -0.1) is 0 Å². The minimum absolute atomic E-state index is 0.0305. The molecule has 160 valence electrons. The maximum absolute atomic E-state index is 12.5. The van der Waals surface area contributed by atoms with Gasteiger partial charge in [0.25, 0.3) is 5.69 Å². The van der Waals surface area contributed by atoms with E-state index in [2.05, 4.69) is 5.32 Å². The first-order chi connectivity index (χ1) is 15.5. The number of benzene rings is 3. The van der Waals surface area contributed by atoms with Crippen molar-refractivity contribution in [1.29, 1.82) is 0 Å². The minimum atomic E-state index is -0.416. The van der Waals surface area contributed by atoms with E-state index < -0.39 is 4.92 Å². The van der Waals surface area contributed by atoms with Gasteiger partial charge in [0.15, 0.2) is 0 Å². The molecule has 1 N–H and O–H groups in total. The van der Waals surface area contributed by atoms with E-state index in [1.165, 1.54) is 23.9 Å². The first-order valence-electron chi connectivity index (χ1n) is 9.96. The summed E-state index contributed by atoms with van der Waals surface area (Å²) in [6, 6.07) is 21.6. The smallest absolute Gasteiger partial charge is 0.269 e. The van der Waals surface area contributed by atoms with Crippen molar-refractivity contribution in [3.63, 3.8) is 0 Å². The third-order valence-electron chi connectivity index (χ3n) is 4.77. The standard InChI is InChI=1S/C24H20N4O3S/c1-16-9-11-18(12-10-16)25-23(29)15-32-24-22(26-20-7-2-3-8-21(20)27-24)14-17-5-4-6-19(13-17)28(30)31/h2-13H,14-15H2,1H3,(H,25,29). The van der Waals surface area contributed by atoms with Crippen LogP contribution in [0.15, 0.2) is 77.8 Å². The molecule has 1 heterocycles. The Hall–Kier alpha value is -3.78. The fourth-order valence-electron chi connectivity index (χ4n) is 3.19. The molecule has 32 heavy (non-hydrogen) atoms. The molecule has 4 rings (SSSR count). The van der Waals surface area contributed by atoms with Crippen LogP contribution in [0.4, 0.5) is 11.4 Å². The number of rotatable bonds is 7. The maximum Gasteiger partial charge on any atom is 0.269 e. The van der Waals surface area contributed by atoms with Crippen LogP contribution in [0.25, 0.3) is 11.0 Å². The highest BCUT2D eigenvalue weighted by atomic mass is 32.2. The molecule has 1 amide bonds. The van der Waals surface area contributed by atoms with E-state index in [0.717, 1.165) is 27.8 Å². The van der Waals surface area contributed by atoms with Crippen LogP contribution in [0.3, 0.4) is 0 Å². The second kappa shape index (κ2) is 9.57. The van der Waals surface area contributed by atoms with E-state index in [1.54, 1.807) is 6.07 Å².